The Kier molecular flexibility index (Phi) is 5.10. The van der Waals surface area contributed by atoms with Crippen LogP contribution in [-0.4, -0.2) is 60.2 Å². The molecule has 0 aromatic heterocycles. The fourth-order valence-electron chi connectivity index (χ4n) is 2.63. The van der Waals surface area contributed by atoms with Crippen LogP contribution in [0.15, 0.2) is 29.2 Å². The molecule has 3 N–H and O–H groups in total. The van der Waals surface area contributed by atoms with Crippen molar-refractivity contribution in [2.24, 2.45) is 0 Å². The molecule has 1 aromatic rings. The number of sulfonamides is 1. The van der Waals surface area contributed by atoms with Gasteiger partial charge in [-0.2, -0.15) is 4.31 Å². The zero-order valence-electron chi connectivity index (χ0n) is 13.2. The maximum Gasteiger partial charge on any atom is 0.243 e. The van der Waals surface area contributed by atoms with Gasteiger partial charge >= 0.3 is 0 Å². The van der Waals surface area contributed by atoms with Crippen LogP contribution in [0.2, 0.25) is 0 Å². The number of rotatable bonds is 4. The van der Waals surface area contributed by atoms with Crippen LogP contribution in [0.1, 0.15) is 18.9 Å². The van der Waals surface area contributed by atoms with Crippen molar-refractivity contribution in [2.45, 2.75) is 36.9 Å². The van der Waals surface area contributed by atoms with Gasteiger partial charge in [0.25, 0.3) is 0 Å². The summed E-state index contributed by atoms with van der Waals surface area (Å²) < 4.78 is 26.6. The molecule has 1 saturated heterocycles. The molecule has 2 atom stereocenters. The van der Waals surface area contributed by atoms with Crippen LogP contribution in [0.25, 0.3) is 0 Å². The normalized spacial score (nSPS) is 26.0. The van der Waals surface area contributed by atoms with Crippen LogP contribution in [-0.2, 0) is 14.8 Å². The molecule has 0 radical (unpaired) electrons. The zero-order valence-corrected chi connectivity index (χ0v) is 14.0. The Balaban J connectivity index is 2.16. The highest BCUT2D eigenvalue weighted by Crippen LogP contribution is 2.28. The Morgan fingerprint density at radius 3 is 2.65 bits per heavy atom. The summed E-state index contributed by atoms with van der Waals surface area (Å²) >= 11 is 0. The number of carbonyl (C=O) groups is 1. The quantitative estimate of drug-likeness (QED) is 0.691. The van der Waals surface area contributed by atoms with Crippen molar-refractivity contribution in [3.05, 3.63) is 29.8 Å². The minimum atomic E-state index is -3.73. The topological polar surface area (TPSA) is 107 Å². The van der Waals surface area contributed by atoms with E-state index in [-0.39, 0.29) is 36.9 Å². The molecule has 1 aliphatic rings. The average Bonchev–Trinajstić information content (AvgIpc) is 2.48. The lowest BCUT2D eigenvalue weighted by atomic mass is 9.89. The predicted molar refractivity (Wildman–Crippen MR) is 84.2 cm³/mol. The van der Waals surface area contributed by atoms with Gasteiger partial charge in [-0.3, -0.25) is 4.79 Å². The molecule has 0 aliphatic carbocycles. The second-order valence-corrected chi connectivity index (χ2v) is 7.81. The van der Waals surface area contributed by atoms with E-state index < -0.39 is 21.7 Å². The van der Waals surface area contributed by atoms with E-state index in [4.69, 9.17) is 0 Å². The van der Waals surface area contributed by atoms with Gasteiger partial charge in [0.15, 0.2) is 0 Å². The number of hydrogen-bond donors (Lipinski definition) is 3. The molecule has 0 bridgehead atoms. The fourth-order valence-corrected chi connectivity index (χ4v) is 4.30. The van der Waals surface area contributed by atoms with E-state index in [0.29, 0.717) is 5.56 Å². The molecule has 2 rings (SSSR count). The molecule has 8 heteroatoms. The molecule has 1 amide bonds. The third kappa shape index (κ3) is 3.72. The number of hydrogen-bond acceptors (Lipinski definition) is 5. The third-order valence-corrected chi connectivity index (χ3v) is 6.17. The lowest BCUT2D eigenvalue weighted by Gasteiger charge is -2.41. The molecule has 7 nitrogen and oxygen atoms in total. The Morgan fingerprint density at radius 2 is 2.09 bits per heavy atom. The molecule has 1 aromatic carbocycles. The molecule has 1 heterocycles. The van der Waals surface area contributed by atoms with Crippen molar-refractivity contribution in [1.29, 1.82) is 0 Å². The van der Waals surface area contributed by atoms with Gasteiger partial charge in [-0.1, -0.05) is 18.2 Å². The molecule has 1 fully saturated rings. The first-order valence-electron chi connectivity index (χ1n) is 7.37. The monoisotopic (exact) mass is 342 g/mol. The molecular weight excluding hydrogens is 320 g/mol. The van der Waals surface area contributed by atoms with E-state index in [0.717, 1.165) is 0 Å². The van der Waals surface area contributed by atoms with Gasteiger partial charge in [-0.05, 0) is 25.0 Å². The lowest BCUT2D eigenvalue weighted by Crippen LogP contribution is -2.60. The van der Waals surface area contributed by atoms with E-state index in [1.165, 1.54) is 17.3 Å². The number of aliphatic hydroxyl groups is 2. The summed E-state index contributed by atoms with van der Waals surface area (Å²) in [6.45, 7) is 2.77. The summed E-state index contributed by atoms with van der Waals surface area (Å²) in [6.07, 6.45) is -1.23. The minimum Gasteiger partial charge on any atom is -0.389 e. The minimum absolute atomic E-state index is 0.0412. The highest BCUT2D eigenvalue weighted by molar-refractivity contribution is 7.89. The second kappa shape index (κ2) is 6.56. The smallest absolute Gasteiger partial charge is 0.243 e. The van der Waals surface area contributed by atoms with E-state index in [1.807, 2.05) is 0 Å². The zero-order chi connectivity index (χ0) is 17.3. The number of amides is 1. The maximum atomic E-state index is 12.7. The van der Waals surface area contributed by atoms with Gasteiger partial charge in [-0.15, -0.1) is 0 Å². The summed E-state index contributed by atoms with van der Waals surface area (Å²) in [6, 6.07) is 6.63. The highest BCUT2D eigenvalue weighted by Gasteiger charge is 2.44. The van der Waals surface area contributed by atoms with Gasteiger partial charge in [0.05, 0.1) is 11.0 Å². The van der Waals surface area contributed by atoms with Crippen LogP contribution in [0.5, 0.6) is 0 Å². The summed E-state index contributed by atoms with van der Waals surface area (Å²) in [7, 11) is -3.73. The van der Waals surface area contributed by atoms with E-state index in [2.05, 4.69) is 5.32 Å². The van der Waals surface area contributed by atoms with E-state index >= 15 is 0 Å². The third-order valence-electron chi connectivity index (χ3n) is 4.15. The molecule has 0 spiro atoms. The van der Waals surface area contributed by atoms with Gasteiger partial charge in [0, 0.05) is 26.6 Å². The lowest BCUT2D eigenvalue weighted by molar-refractivity contribution is -0.126. The van der Waals surface area contributed by atoms with Crippen LogP contribution in [0.4, 0.5) is 0 Å². The Bertz CT molecular complexity index is 691. The molecule has 0 saturated carbocycles. The van der Waals surface area contributed by atoms with Crippen LogP contribution in [0.3, 0.4) is 0 Å². The standard InChI is InChI=1S/C15H22N2O5S/c1-11-5-3-4-6-13(11)23(21,22)17-8-7-15(20,14(19)9-17)10-16-12(2)18/h3-6,14,19-20H,7-10H2,1-2H3,(H,16,18)/t14-,15-/m1/s1. The number of aryl methyl sites for hydroxylation is 1. The number of benzene rings is 1. The molecule has 23 heavy (non-hydrogen) atoms. The highest BCUT2D eigenvalue weighted by atomic mass is 32.2. The first-order chi connectivity index (χ1) is 10.7. The summed E-state index contributed by atoms with van der Waals surface area (Å²) in [5, 5.41) is 23.1. The average molecular weight is 342 g/mol. The van der Waals surface area contributed by atoms with Crippen molar-refractivity contribution in [2.75, 3.05) is 19.6 Å². The number of piperidine rings is 1. The largest absolute Gasteiger partial charge is 0.389 e. The summed E-state index contributed by atoms with van der Waals surface area (Å²) in [5.74, 6) is -0.319. The second-order valence-electron chi connectivity index (χ2n) is 5.91. The number of nitrogens with zero attached hydrogens (tertiary/aromatic N) is 1. The van der Waals surface area contributed by atoms with Gasteiger partial charge < -0.3 is 15.5 Å². The van der Waals surface area contributed by atoms with Crippen LogP contribution in [0, 0.1) is 6.92 Å². The van der Waals surface area contributed by atoms with Crippen LogP contribution >= 0.6 is 0 Å². The number of nitrogens with one attached hydrogen (secondary N) is 1. The molecule has 0 unspecified atom stereocenters. The summed E-state index contributed by atoms with van der Waals surface area (Å²) in [4.78, 5) is 11.2. The molecule has 128 valence electrons. The fraction of sp³-hybridized carbons (Fsp3) is 0.533. The van der Waals surface area contributed by atoms with Crippen molar-refractivity contribution in [1.82, 2.24) is 9.62 Å². The number of carbonyl (C=O) groups excluding carboxylic acids is 1. The SMILES string of the molecule is CC(=O)NC[C@]1(O)CCN(S(=O)(=O)c2ccccc2C)C[C@H]1O. The predicted octanol–water partition coefficient (Wildman–Crippen LogP) is -0.382. The number of aliphatic hydroxyl groups excluding tert-OH is 1. The van der Waals surface area contributed by atoms with Crippen molar-refractivity contribution in [3.63, 3.8) is 0 Å². The van der Waals surface area contributed by atoms with Gasteiger partial charge in [0.2, 0.25) is 15.9 Å². The Morgan fingerprint density at radius 1 is 1.43 bits per heavy atom. The van der Waals surface area contributed by atoms with Crippen molar-refractivity contribution in [3.8, 4) is 0 Å². The van der Waals surface area contributed by atoms with E-state index in [1.54, 1.807) is 25.1 Å². The number of β-amino-alcohol motifs (C(OH)–C–C–N with tert-alkyl or cyclic N) is 1. The van der Waals surface area contributed by atoms with Crippen molar-refractivity contribution < 1.29 is 23.4 Å². The molecule has 1 aliphatic heterocycles. The molecular formula is C15H22N2O5S. The van der Waals surface area contributed by atoms with Crippen molar-refractivity contribution >= 4 is 15.9 Å². The van der Waals surface area contributed by atoms with Gasteiger partial charge in [-0.25, -0.2) is 8.42 Å². The Hall–Kier alpha value is -1.48. The first-order valence-corrected chi connectivity index (χ1v) is 8.81. The van der Waals surface area contributed by atoms with Crippen LogP contribution < -0.4 is 5.32 Å². The van der Waals surface area contributed by atoms with E-state index in [9.17, 15) is 23.4 Å². The summed E-state index contributed by atoms with van der Waals surface area (Å²) in [5.41, 5.74) is -0.898. The first kappa shape index (κ1) is 17.9. The maximum absolute atomic E-state index is 12.7. The van der Waals surface area contributed by atoms with Gasteiger partial charge in [0.1, 0.15) is 5.60 Å². The Labute approximate surface area is 136 Å².